The fraction of sp³-hybridized carbons (Fsp3) is 0.176. The average molecular weight is 352 g/mol. The van der Waals surface area contributed by atoms with Crippen LogP contribution >= 0.6 is 0 Å². The molecule has 0 heterocycles. The molecule has 0 unspecified atom stereocenters. The number of alkyl halides is 3. The van der Waals surface area contributed by atoms with Gasteiger partial charge in [-0.05, 0) is 42.3 Å². The molecule has 0 bridgehead atoms. The molecule has 1 amide bonds. The van der Waals surface area contributed by atoms with Gasteiger partial charge in [0.15, 0.2) is 0 Å². The number of anilines is 1. The summed E-state index contributed by atoms with van der Waals surface area (Å²) in [6.07, 6.45) is -4.39. The summed E-state index contributed by atoms with van der Waals surface area (Å²) in [6.45, 7) is 0. The Morgan fingerprint density at radius 3 is 2.44 bits per heavy atom. The highest BCUT2D eigenvalue weighted by molar-refractivity contribution is 5.91. The normalized spacial score (nSPS) is 10.8. The second-order valence-corrected chi connectivity index (χ2v) is 5.05. The van der Waals surface area contributed by atoms with Crippen molar-refractivity contribution in [3.05, 3.63) is 59.4 Å². The second kappa shape index (κ2) is 7.66. The van der Waals surface area contributed by atoms with Gasteiger partial charge in [-0.2, -0.15) is 5.26 Å². The highest BCUT2D eigenvalue weighted by atomic mass is 19.4. The van der Waals surface area contributed by atoms with Crippen molar-refractivity contribution in [2.45, 2.75) is 19.2 Å². The number of hydrogen-bond donors (Lipinski definition) is 1. The minimum absolute atomic E-state index is 0.0682. The Balaban J connectivity index is 1.89. The van der Waals surface area contributed by atoms with Crippen LogP contribution < -0.4 is 10.1 Å². The van der Waals surface area contributed by atoms with Crippen molar-refractivity contribution < 1.29 is 27.1 Å². The third kappa shape index (κ3) is 5.80. The number of benzene rings is 2. The van der Waals surface area contributed by atoms with E-state index < -0.39 is 12.2 Å². The molecular formula is C17H12F4N2O2. The van der Waals surface area contributed by atoms with Gasteiger partial charge in [0, 0.05) is 12.1 Å². The van der Waals surface area contributed by atoms with Crippen LogP contribution in [0.3, 0.4) is 0 Å². The van der Waals surface area contributed by atoms with Crippen molar-refractivity contribution in [3.8, 4) is 11.8 Å². The average Bonchev–Trinajstić information content (AvgIpc) is 2.54. The molecule has 4 nitrogen and oxygen atoms in total. The number of nitriles is 1. The van der Waals surface area contributed by atoms with E-state index in [0.717, 1.165) is 6.07 Å². The van der Waals surface area contributed by atoms with E-state index in [-0.39, 0.29) is 29.3 Å². The SMILES string of the molecule is N#Cc1cc(NC(=O)CCc2ccc(OC(F)(F)F)cc2)ccc1F. The van der Waals surface area contributed by atoms with E-state index in [0.29, 0.717) is 12.0 Å². The molecule has 0 atom stereocenters. The van der Waals surface area contributed by atoms with E-state index in [9.17, 15) is 22.4 Å². The van der Waals surface area contributed by atoms with Gasteiger partial charge in [0.2, 0.25) is 5.91 Å². The maximum atomic E-state index is 13.2. The zero-order valence-electron chi connectivity index (χ0n) is 12.7. The largest absolute Gasteiger partial charge is 0.573 e. The van der Waals surface area contributed by atoms with E-state index in [2.05, 4.69) is 10.1 Å². The lowest BCUT2D eigenvalue weighted by Crippen LogP contribution is -2.17. The lowest BCUT2D eigenvalue weighted by atomic mass is 10.1. The van der Waals surface area contributed by atoms with E-state index in [1.807, 2.05) is 0 Å². The third-order valence-electron chi connectivity index (χ3n) is 3.17. The van der Waals surface area contributed by atoms with Crippen LogP contribution in [0.1, 0.15) is 17.5 Å². The molecule has 0 fully saturated rings. The fourth-order valence-electron chi connectivity index (χ4n) is 2.03. The lowest BCUT2D eigenvalue weighted by molar-refractivity contribution is -0.274. The Morgan fingerprint density at radius 1 is 1.16 bits per heavy atom. The molecule has 0 aliphatic heterocycles. The molecule has 0 aromatic heterocycles. The number of ether oxygens (including phenoxy) is 1. The molecule has 2 rings (SSSR count). The van der Waals surface area contributed by atoms with Crippen LogP contribution in [-0.2, 0) is 11.2 Å². The Morgan fingerprint density at radius 2 is 1.84 bits per heavy atom. The first-order chi connectivity index (χ1) is 11.8. The second-order valence-electron chi connectivity index (χ2n) is 5.05. The fourth-order valence-corrected chi connectivity index (χ4v) is 2.03. The van der Waals surface area contributed by atoms with Crippen LogP contribution in [0.2, 0.25) is 0 Å². The molecule has 0 saturated carbocycles. The smallest absolute Gasteiger partial charge is 0.406 e. The van der Waals surface area contributed by atoms with Gasteiger partial charge in [-0.1, -0.05) is 12.1 Å². The van der Waals surface area contributed by atoms with Gasteiger partial charge >= 0.3 is 6.36 Å². The predicted molar refractivity (Wildman–Crippen MR) is 81.2 cm³/mol. The van der Waals surface area contributed by atoms with Gasteiger partial charge in [0.05, 0.1) is 5.56 Å². The molecule has 0 radical (unpaired) electrons. The summed E-state index contributed by atoms with van der Waals surface area (Å²) in [5.74, 6) is -1.39. The van der Waals surface area contributed by atoms with E-state index in [1.54, 1.807) is 6.07 Å². The van der Waals surface area contributed by atoms with Crippen LogP contribution in [-0.4, -0.2) is 12.3 Å². The molecule has 0 aliphatic carbocycles. The molecule has 0 spiro atoms. The van der Waals surface area contributed by atoms with Gasteiger partial charge < -0.3 is 10.1 Å². The van der Waals surface area contributed by atoms with Crippen molar-refractivity contribution in [1.82, 2.24) is 0 Å². The maximum absolute atomic E-state index is 13.2. The van der Waals surface area contributed by atoms with Crippen molar-refractivity contribution in [2.75, 3.05) is 5.32 Å². The molecule has 8 heteroatoms. The number of carbonyl (C=O) groups is 1. The first-order valence-electron chi connectivity index (χ1n) is 7.11. The predicted octanol–water partition coefficient (Wildman–Crippen LogP) is 4.17. The van der Waals surface area contributed by atoms with Crippen LogP contribution in [0.4, 0.5) is 23.2 Å². The third-order valence-corrected chi connectivity index (χ3v) is 3.17. The van der Waals surface area contributed by atoms with Crippen LogP contribution in [0.25, 0.3) is 0 Å². The summed E-state index contributed by atoms with van der Waals surface area (Å²) in [4.78, 5) is 11.9. The summed E-state index contributed by atoms with van der Waals surface area (Å²) >= 11 is 0. The first kappa shape index (κ1) is 18.3. The van der Waals surface area contributed by atoms with E-state index in [1.165, 1.54) is 36.4 Å². The molecule has 1 N–H and O–H groups in total. The zero-order chi connectivity index (χ0) is 18.4. The maximum Gasteiger partial charge on any atom is 0.573 e. The number of amides is 1. The van der Waals surface area contributed by atoms with Gasteiger partial charge in [0.1, 0.15) is 17.6 Å². The minimum Gasteiger partial charge on any atom is -0.406 e. The topological polar surface area (TPSA) is 62.1 Å². The Labute approximate surface area is 140 Å². The van der Waals surface area contributed by atoms with Gasteiger partial charge in [-0.3, -0.25) is 4.79 Å². The van der Waals surface area contributed by atoms with Gasteiger partial charge in [-0.15, -0.1) is 13.2 Å². The highest BCUT2D eigenvalue weighted by Gasteiger charge is 2.30. The van der Waals surface area contributed by atoms with Crippen molar-refractivity contribution in [3.63, 3.8) is 0 Å². The number of halogens is 4. The first-order valence-corrected chi connectivity index (χ1v) is 7.11. The molecule has 0 saturated heterocycles. The minimum atomic E-state index is -4.75. The van der Waals surface area contributed by atoms with E-state index >= 15 is 0 Å². The summed E-state index contributed by atoms with van der Waals surface area (Å²) in [5, 5.41) is 11.3. The number of carbonyl (C=O) groups excluding carboxylic acids is 1. The Hall–Kier alpha value is -3.08. The van der Waals surface area contributed by atoms with Gasteiger partial charge in [-0.25, -0.2) is 4.39 Å². The lowest BCUT2D eigenvalue weighted by Gasteiger charge is -2.09. The quantitative estimate of drug-likeness (QED) is 0.822. The zero-order valence-corrected chi connectivity index (χ0v) is 12.7. The van der Waals surface area contributed by atoms with Crippen molar-refractivity contribution in [2.24, 2.45) is 0 Å². The molecule has 2 aromatic rings. The molecular weight excluding hydrogens is 340 g/mol. The standard InChI is InChI=1S/C17H12F4N2O2/c18-15-7-4-13(9-12(15)10-22)23-16(24)8-3-11-1-5-14(6-2-11)25-17(19,20)21/h1-2,4-7,9H,3,8H2,(H,23,24). The Bertz CT molecular complexity index is 796. The molecule has 2 aromatic carbocycles. The number of aryl methyl sites for hydroxylation is 1. The van der Waals surface area contributed by atoms with Crippen LogP contribution in [0, 0.1) is 17.1 Å². The van der Waals surface area contributed by atoms with Crippen molar-refractivity contribution in [1.29, 1.82) is 5.26 Å². The van der Waals surface area contributed by atoms with E-state index in [4.69, 9.17) is 5.26 Å². The molecule has 130 valence electrons. The van der Waals surface area contributed by atoms with Crippen LogP contribution in [0.15, 0.2) is 42.5 Å². The summed E-state index contributed by atoms with van der Waals surface area (Å²) in [6, 6.07) is 10.5. The Kier molecular flexibility index (Phi) is 5.60. The monoisotopic (exact) mass is 352 g/mol. The number of hydrogen-bond acceptors (Lipinski definition) is 3. The molecule has 0 aliphatic rings. The van der Waals surface area contributed by atoms with Gasteiger partial charge in [0.25, 0.3) is 0 Å². The summed E-state index contributed by atoms with van der Waals surface area (Å²) < 4.78 is 53.1. The number of rotatable bonds is 5. The highest BCUT2D eigenvalue weighted by Crippen LogP contribution is 2.23. The summed E-state index contributed by atoms with van der Waals surface area (Å²) in [5.41, 5.74) is 0.761. The number of nitrogens with zero attached hydrogens (tertiary/aromatic N) is 1. The van der Waals surface area contributed by atoms with Crippen LogP contribution in [0.5, 0.6) is 5.75 Å². The van der Waals surface area contributed by atoms with Crippen molar-refractivity contribution >= 4 is 11.6 Å². The molecule has 25 heavy (non-hydrogen) atoms. The summed E-state index contributed by atoms with van der Waals surface area (Å²) in [7, 11) is 0. The number of nitrogens with one attached hydrogen (secondary N) is 1.